The van der Waals surface area contributed by atoms with Crippen LogP contribution in [-0.4, -0.2) is 23.7 Å². The van der Waals surface area contributed by atoms with Crippen LogP contribution in [0.1, 0.15) is 18.1 Å². The Bertz CT molecular complexity index is 357. The number of hydrogen-bond donors (Lipinski definition) is 2. The van der Waals surface area contributed by atoms with Gasteiger partial charge >= 0.3 is 0 Å². The summed E-state index contributed by atoms with van der Waals surface area (Å²) in [6.07, 6.45) is 0.218. The Morgan fingerprint density at radius 2 is 1.88 bits per heavy atom. The second-order valence-corrected chi connectivity index (χ2v) is 4.06. The largest absolute Gasteiger partial charge is 0.380 e. The molecule has 0 aromatic heterocycles. The average Bonchev–Trinajstić information content (AvgIpc) is 2.21. The van der Waals surface area contributed by atoms with Gasteiger partial charge in [-0.15, -0.1) is 0 Å². The zero-order valence-corrected chi connectivity index (χ0v) is 9.56. The van der Waals surface area contributed by atoms with Gasteiger partial charge in [0.2, 0.25) is 5.91 Å². The number of benzene rings is 1. The van der Waals surface area contributed by atoms with Crippen LogP contribution in [0, 0.1) is 0 Å². The maximum atomic E-state index is 10.9. The minimum absolute atomic E-state index is 0.218. The minimum Gasteiger partial charge on any atom is -0.380 e. The maximum Gasteiger partial charge on any atom is 0.249 e. The number of ether oxygens (including phenoxy) is 1. The summed E-state index contributed by atoms with van der Waals surface area (Å²) in [6, 6.07) is 7.50. The monoisotopic (exact) mass is 223 g/mol. The average molecular weight is 223 g/mol. The fourth-order valence-corrected chi connectivity index (χ4v) is 1.40. The molecular formula is C12H17NO3. The van der Waals surface area contributed by atoms with E-state index >= 15 is 0 Å². The predicted molar refractivity (Wildman–Crippen MR) is 60.7 cm³/mol. The smallest absolute Gasteiger partial charge is 0.249 e. The molecule has 0 aliphatic carbocycles. The van der Waals surface area contributed by atoms with Crippen LogP contribution in [0.2, 0.25) is 0 Å². The summed E-state index contributed by atoms with van der Waals surface area (Å²) in [7, 11) is 1.63. The lowest BCUT2D eigenvalue weighted by Gasteiger charge is -2.19. The predicted octanol–water partition coefficient (Wildman–Crippen LogP) is 0.612. The third-order valence-corrected chi connectivity index (χ3v) is 2.41. The second kappa shape index (κ2) is 5.09. The summed E-state index contributed by atoms with van der Waals surface area (Å²) in [5, 5.41) is 9.72. The lowest BCUT2D eigenvalue weighted by Crippen LogP contribution is -2.42. The molecule has 0 fully saturated rings. The Balaban J connectivity index is 2.72. The number of carbonyl (C=O) groups excluding carboxylic acids is 1. The Hall–Kier alpha value is -1.39. The van der Waals surface area contributed by atoms with E-state index in [1.807, 2.05) is 24.3 Å². The van der Waals surface area contributed by atoms with Gasteiger partial charge in [-0.2, -0.15) is 0 Å². The number of carbonyl (C=O) groups is 1. The van der Waals surface area contributed by atoms with Gasteiger partial charge < -0.3 is 15.6 Å². The molecule has 0 aliphatic heterocycles. The maximum absolute atomic E-state index is 10.9. The van der Waals surface area contributed by atoms with Crippen molar-refractivity contribution in [2.75, 3.05) is 7.11 Å². The molecule has 4 nitrogen and oxygen atoms in total. The van der Waals surface area contributed by atoms with Gasteiger partial charge in [-0.25, -0.2) is 0 Å². The highest BCUT2D eigenvalue weighted by Crippen LogP contribution is 2.14. The van der Waals surface area contributed by atoms with Crippen molar-refractivity contribution in [3.05, 3.63) is 35.4 Å². The number of methoxy groups -OCH3 is 1. The quantitative estimate of drug-likeness (QED) is 0.768. The highest BCUT2D eigenvalue weighted by atomic mass is 16.5. The van der Waals surface area contributed by atoms with Crippen LogP contribution < -0.4 is 5.73 Å². The van der Waals surface area contributed by atoms with Crippen molar-refractivity contribution < 1.29 is 14.6 Å². The molecule has 1 rings (SSSR count). The van der Waals surface area contributed by atoms with Gasteiger partial charge in [0.15, 0.2) is 0 Å². The summed E-state index contributed by atoms with van der Waals surface area (Å²) in [5.74, 6) is -0.714. The third kappa shape index (κ3) is 3.32. The van der Waals surface area contributed by atoms with Crippen molar-refractivity contribution in [1.29, 1.82) is 0 Å². The number of aliphatic hydroxyl groups is 1. The molecule has 4 heteroatoms. The van der Waals surface area contributed by atoms with Crippen molar-refractivity contribution in [3.63, 3.8) is 0 Å². The highest BCUT2D eigenvalue weighted by molar-refractivity contribution is 5.82. The van der Waals surface area contributed by atoms with Crippen LogP contribution in [-0.2, 0) is 22.6 Å². The van der Waals surface area contributed by atoms with Crippen LogP contribution in [0.15, 0.2) is 24.3 Å². The molecule has 0 spiro atoms. The molecule has 0 heterocycles. The molecule has 0 saturated carbocycles. The SMILES string of the molecule is COCc1ccc(C[C@](C)(O)C(N)=O)cc1. The molecule has 3 N–H and O–H groups in total. The normalized spacial score (nSPS) is 14.4. The summed E-state index contributed by atoms with van der Waals surface area (Å²) in [4.78, 5) is 10.9. The minimum atomic E-state index is -1.50. The van der Waals surface area contributed by atoms with E-state index in [0.29, 0.717) is 6.61 Å². The molecule has 1 aromatic carbocycles. The first-order chi connectivity index (χ1) is 7.45. The van der Waals surface area contributed by atoms with Gasteiger partial charge in [0.1, 0.15) is 5.60 Å². The standard InChI is InChI=1S/C12H17NO3/c1-12(15,11(13)14)7-9-3-5-10(6-4-9)8-16-2/h3-6,15H,7-8H2,1-2H3,(H2,13,14)/t12-/m0/s1. The third-order valence-electron chi connectivity index (χ3n) is 2.41. The van der Waals surface area contributed by atoms with Crippen LogP contribution in [0.25, 0.3) is 0 Å². The Morgan fingerprint density at radius 1 is 1.38 bits per heavy atom. The van der Waals surface area contributed by atoms with Gasteiger partial charge in [0, 0.05) is 13.5 Å². The number of hydrogen-bond acceptors (Lipinski definition) is 3. The van der Waals surface area contributed by atoms with Crippen molar-refractivity contribution in [2.24, 2.45) is 5.73 Å². The topological polar surface area (TPSA) is 72.6 Å². The Morgan fingerprint density at radius 3 is 2.31 bits per heavy atom. The molecule has 88 valence electrons. The van der Waals surface area contributed by atoms with E-state index in [-0.39, 0.29) is 6.42 Å². The molecule has 0 saturated heterocycles. The van der Waals surface area contributed by atoms with E-state index in [1.54, 1.807) is 7.11 Å². The van der Waals surface area contributed by atoms with E-state index in [0.717, 1.165) is 11.1 Å². The molecule has 1 amide bonds. The first-order valence-electron chi connectivity index (χ1n) is 5.05. The van der Waals surface area contributed by atoms with Crippen molar-refractivity contribution in [1.82, 2.24) is 0 Å². The van der Waals surface area contributed by atoms with E-state index in [4.69, 9.17) is 10.5 Å². The zero-order chi connectivity index (χ0) is 12.2. The fraction of sp³-hybridized carbons (Fsp3) is 0.417. The molecule has 1 aromatic rings. The van der Waals surface area contributed by atoms with Crippen LogP contribution in [0.4, 0.5) is 0 Å². The zero-order valence-electron chi connectivity index (χ0n) is 9.56. The Kier molecular flexibility index (Phi) is 4.04. The lowest BCUT2D eigenvalue weighted by molar-refractivity contribution is -0.134. The van der Waals surface area contributed by atoms with Gasteiger partial charge in [0.05, 0.1) is 6.61 Å². The van der Waals surface area contributed by atoms with Crippen LogP contribution >= 0.6 is 0 Å². The number of rotatable bonds is 5. The van der Waals surface area contributed by atoms with Gasteiger partial charge in [-0.3, -0.25) is 4.79 Å². The summed E-state index contributed by atoms with van der Waals surface area (Å²) in [6.45, 7) is 1.96. The van der Waals surface area contributed by atoms with E-state index in [2.05, 4.69) is 0 Å². The number of primary amides is 1. The molecule has 0 unspecified atom stereocenters. The summed E-state index contributed by atoms with van der Waals surface area (Å²) < 4.78 is 4.98. The van der Waals surface area contributed by atoms with Gasteiger partial charge in [-0.1, -0.05) is 24.3 Å². The molecular weight excluding hydrogens is 206 g/mol. The van der Waals surface area contributed by atoms with Gasteiger partial charge in [-0.05, 0) is 18.1 Å². The van der Waals surface area contributed by atoms with Crippen molar-refractivity contribution in [2.45, 2.75) is 25.6 Å². The first kappa shape index (κ1) is 12.7. The van der Waals surface area contributed by atoms with Crippen LogP contribution in [0.5, 0.6) is 0 Å². The lowest BCUT2D eigenvalue weighted by atomic mass is 9.95. The Labute approximate surface area is 95.0 Å². The van der Waals surface area contributed by atoms with Crippen molar-refractivity contribution in [3.8, 4) is 0 Å². The molecule has 1 atom stereocenters. The molecule has 0 aliphatic rings. The van der Waals surface area contributed by atoms with E-state index in [1.165, 1.54) is 6.92 Å². The van der Waals surface area contributed by atoms with E-state index in [9.17, 15) is 9.90 Å². The summed E-state index contributed by atoms with van der Waals surface area (Å²) >= 11 is 0. The van der Waals surface area contributed by atoms with E-state index < -0.39 is 11.5 Å². The molecule has 0 bridgehead atoms. The van der Waals surface area contributed by atoms with Crippen LogP contribution in [0.3, 0.4) is 0 Å². The highest BCUT2D eigenvalue weighted by Gasteiger charge is 2.27. The fourth-order valence-electron chi connectivity index (χ4n) is 1.40. The van der Waals surface area contributed by atoms with Gasteiger partial charge in [0.25, 0.3) is 0 Å². The second-order valence-electron chi connectivity index (χ2n) is 4.06. The number of nitrogens with two attached hydrogens (primary N) is 1. The summed E-state index contributed by atoms with van der Waals surface area (Å²) in [5.41, 5.74) is 5.50. The van der Waals surface area contributed by atoms with Crippen molar-refractivity contribution >= 4 is 5.91 Å². The number of amides is 1. The molecule has 16 heavy (non-hydrogen) atoms. The first-order valence-corrected chi connectivity index (χ1v) is 5.05. The molecule has 0 radical (unpaired) electrons.